The van der Waals surface area contributed by atoms with Gasteiger partial charge in [-0.3, -0.25) is 9.78 Å². The molecule has 4 aromatic carbocycles. The fourth-order valence-corrected chi connectivity index (χ4v) is 6.44. The summed E-state index contributed by atoms with van der Waals surface area (Å²) in [5, 5.41) is 10.0. The summed E-state index contributed by atoms with van der Waals surface area (Å²) in [6, 6.07) is 31.8. The van der Waals surface area contributed by atoms with Gasteiger partial charge in [0.1, 0.15) is 9.84 Å². The van der Waals surface area contributed by atoms with E-state index < -0.39 is 15.1 Å². The second-order valence-electron chi connectivity index (χ2n) is 11.9. The zero-order chi connectivity index (χ0) is 32.8. The Morgan fingerprint density at radius 1 is 0.913 bits per heavy atom. The van der Waals surface area contributed by atoms with Gasteiger partial charge in [-0.05, 0) is 103 Å². The maximum atomic E-state index is 13.9. The fraction of sp³-hybridized carbons (Fsp3) is 0.263. The van der Waals surface area contributed by atoms with Crippen LogP contribution in [0.15, 0.2) is 108 Å². The minimum Gasteiger partial charge on any atom is -0.396 e. The molecule has 5 aromatic rings. The first kappa shape index (κ1) is 33.4. The van der Waals surface area contributed by atoms with Crippen molar-refractivity contribution in [1.29, 1.82) is 0 Å². The van der Waals surface area contributed by atoms with E-state index in [1.54, 1.807) is 24.9 Å². The van der Waals surface area contributed by atoms with Gasteiger partial charge in [0.25, 0.3) is 5.91 Å². The number of carbonyl (C=O) groups excluding carboxylic acids is 1. The van der Waals surface area contributed by atoms with Crippen molar-refractivity contribution in [3.05, 3.63) is 126 Å². The Labute approximate surface area is 276 Å². The number of hydrogen-bond acceptors (Lipinski definition) is 6. The molecular weight excluding hydrogens is 613 g/mol. The van der Waals surface area contributed by atoms with E-state index in [0.717, 1.165) is 49.3 Å². The van der Waals surface area contributed by atoms with Gasteiger partial charge < -0.3 is 10.0 Å². The van der Waals surface area contributed by atoms with Crippen LogP contribution < -0.4 is 4.90 Å². The number of fused-ring (bicyclic) bond motifs is 1. The lowest BCUT2D eigenvalue weighted by molar-refractivity contribution is 0.0987. The highest BCUT2D eigenvalue weighted by molar-refractivity contribution is 7.98. The van der Waals surface area contributed by atoms with Gasteiger partial charge in [-0.2, -0.15) is 0 Å². The van der Waals surface area contributed by atoms with Gasteiger partial charge in [-0.25, -0.2) is 8.42 Å². The van der Waals surface area contributed by atoms with Crippen LogP contribution in [0, 0.1) is 0 Å². The average molecular weight is 653 g/mol. The molecule has 2 atom stereocenters. The van der Waals surface area contributed by atoms with E-state index in [2.05, 4.69) is 29.2 Å². The summed E-state index contributed by atoms with van der Waals surface area (Å²) in [4.78, 5) is 21.5. The number of hydrogen-bond donors (Lipinski definition) is 1. The van der Waals surface area contributed by atoms with Gasteiger partial charge in [0, 0.05) is 58.6 Å². The lowest BCUT2D eigenvalue weighted by Crippen LogP contribution is -2.33. The number of thioether (sulfide) groups is 1. The number of aliphatic hydroxyl groups is 1. The molecule has 0 spiro atoms. The largest absolute Gasteiger partial charge is 0.396 e. The van der Waals surface area contributed by atoms with Crippen LogP contribution in [0.1, 0.15) is 46.8 Å². The molecule has 1 aromatic heterocycles. The molecule has 0 fully saturated rings. The van der Waals surface area contributed by atoms with Crippen molar-refractivity contribution in [2.45, 2.75) is 42.8 Å². The number of nitrogens with zero attached hydrogens (tertiary/aromatic N) is 2. The predicted octanol–water partition coefficient (Wildman–Crippen LogP) is 7.58. The molecular formula is C38H40N2O4S2. The van der Waals surface area contributed by atoms with E-state index >= 15 is 0 Å². The molecule has 2 unspecified atom stereocenters. The van der Waals surface area contributed by atoms with Crippen LogP contribution in [0.5, 0.6) is 0 Å². The summed E-state index contributed by atoms with van der Waals surface area (Å²) in [5.41, 5.74) is 7.23. The van der Waals surface area contributed by atoms with Gasteiger partial charge in [-0.15, -0.1) is 11.8 Å². The third kappa shape index (κ3) is 7.86. The molecule has 238 valence electrons. The molecule has 8 heteroatoms. The molecule has 0 saturated carbocycles. The highest BCUT2D eigenvalue weighted by Gasteiger charge is 2.20. The van der Waals surface area contributed by atoms with Crippen molar-refractivity contribution in [2.24, 2.45) is 0 Å². The first-order valence-corrected chi connectivity index (χ1v) is 18.6. The molecule has 1 N–H and O–H groups in total. The van der Waals surface area contributed by atoms with Crippen molar-refractivity contribution in [3.8, 4) is 11.1 Å². The Morgan fingerprint density at radius 3 is 2.33 bits per heavy atom. The van der Waals surface area contributed by atoms with Crippen LogP contribution in [0.2, 0.25) is 0 Å². The summed E-state index contributed by atoms with van der Waals surface area (Å²) >= 11 is 1.66. The first-order chi connectivity index (χ1) is 22.1. The van der Waals surface area contributed by atoms with Crippen LogP contribution in [-0.4, -0.2) is 55.3 Å². The number of amides is 1. The maximum absolute atomic E-state index is 13.9. The Hall–Kier alpha value is -3.98. The molecule has 46 heavy (non-hydrogen) atoms. The third-order valence-corrected chi connectivity index (χ3v) is 10.9. The minimum atomic E-state index is -3.17. The highest BCUT2D eigenvalue weighted by Crippen LogP contribution is 2.31. The van der Waals surface area contributed by atoms with Gasteiger partial charge in [0.15, 0.2) is 0 Å². The Bertz CT molecular complexity index is 1920. The Balaban J connectivity index is 1.45. The van der Waals surface area contributed by atoms with Crippen LogP contribution in [0.25, 0.3) is 22.0 Å². The smallest absolute Gasteiger partial charge is 0.258 e. The number of anilines is 1. The normalized spacial score (nSPS) is 13.0. The van der Waals surface area contributed by atoms with Crippen LogP contribution in [-0.2, 0) is 22.7 Å². The van der Waals surface area contributed by atoms with Crippen LogP contribution >= 0.6 is 11.8 Å². The summed E-state index contributed by atoms with van der Waals surface area (Å²) in [7, 11) is -3.17. The zero-order valence-corrected chi connectivity index (χ0v) is 28.3. The topological polar surface area (TPSA) is 87.6 Å². The number of aliphatic hydroxyl groups excluding tert-OH is 1. The molecule has 1 amide bonds. The van der Waals surface area contributed by atoms with E-state index in [4.69, 9.17) is 0 Å². The lowest BCUT2D eigenvalue weighted by atomic mass is 9.95. The SMILES string of the molecule is CSc1ccc(N(CCc2cccc(-c3cc(CC(C)S(C)(=O)=O)cc4cccnc34)c2)C(=O)c2ccc(C(C)CO)cc2)cc1. The molecule has 0 saturated heterocycles. The van der Waals surface area contributed by atoms with Crippen molar-refractivity contribution in [1.82, 2.24) is 4.98 Å². The maximum Gasteiger partial charge on any atom is 0.258 e. The molecule has 1 heterocycles. The minimum absolute atomic E-state index is 0.00252. The Morgan fingerprint density at radius 2 is 1.65 bits per heavy atom. The van der Waals surface area contributed by atoms with Crippen LogP contribution in [0.3, 0.4) is 0 Å². The monoisotopic (exact) mass is 652 g/mol. The van der Waals surface area contributed by atoms with Crippen molar-refractivity contribution >= 4 is 44.1 Å². The van der Waals surface area contributed by atoms with Gasteiger partial charge >= 0.3 is 0 Å². The second-order valence-corrected chi connectivity index (χ2v) is 15.2. The lowest BCUT2D eigenvalue weighted by Gasteiger charge is -2.24. The van der Waals surface area contributed by atoms with Gasteiger partial charge in [0.2, 0.25) is 0 Å². The standard InChI is InChI=1S/C38H40N2O4S2/c1-26(25-41)30-10-12-31(13-11-30)38(42)40(34-14-16-35(45-3)17-15-34)20-18-28-7-5-8-32(22-28)36-24-29(21-27(2)46(4,43)44)23-33-9-6-19-39-37(33)36/h5-17,19,22-24,26-27,41H,18,20-21,25H2,1-4H3. The highest BCUT2D eigenvalue weighted by atomic mass is 32.2. The van der Waals surface area contributed by atoms with E-state index in [9.17, 15) is 18.3 Å². The van der Waals surface area contributed by atoms with E-state index in [-0.39, 0.29) is 18.4 Å². The summed E-state index contributed by atoms with van der Waals surface area (Å²) in [6.07, 6.45) is 6.13. The second kappa shape index (κ2) is 14.6. The van der Waals surface area contributed by atoms with Crippen LogP contribution in [0.4, 0.5) is 5.69 Å². The fourth-order valence-electron chi connectivity index (χ4n) is 5.54. The number of sulfone groups is 1. The number of benzene rings is 4. The van der Waals surface area contributed by atoms with E-state index in [1.807, 2.05) is 90.9 Å². The zero-order valence-electron chi connectivity index (χ0n) is 26.7. The third-order valence-electron chi connectivity index (χ3n) is 8.51. The number of pyridine rings is 1. The van der Waals surface area contributed by atoms with Crippen molar-refractivity contribution < 1.29 is 18.3 Å². The molecule has 6 nitrogen and oxygen atoms in total. The Kier molecular flexibility index (Phi) is 10.6. The van der Waals surface area contributed by atoms with Crippen molar-refractivity contribution in [3.63, 3.8) is 0 Å². The number of carbonyl (C=O) groups is 1. The molecule has 0 bridgehead atoms. The number of aromatic nitrogens is 1. The molecule has 0 radical (unpaired) electrons. The molecule has 0 aliphatic rings. The number of rotatable bonds is 12. The predicted molar refractivity (Wildman–Crippen MR) is 191 cm³/mol. The van der Waals surface area contributed by atoms with E-state index in [0.29, 0.717) is 24.9 Å². The van der Waals surface area contributed by atoms with Gasteiger partial charge in [0.05, 0.1) is 10.8 Å². The quantitative estimate of drug-likeness (QED) is 0.140. The molecule has 5 rings (SSSR count). The van der Waals surface area contributed by atoms with Crippen molar-refractivity contribution in [2.75, 3.05) is 30.6 Å². The summed E-state index contributed by atoms with van der Waals surface area (Å²) in [6.45, 7) is 4.22. The van der Waals surface area contributed by atoms with E-state index in [1.165, 1.54) is 6.26 Å². The van der Waals surface area contributed by atoms with Gasteiger partial charge in [-0.1, -0.05) is 49.4 Å². The molecule has 0 aliphatic carbocycles. The average Bonchev–Trinajstić information content (AvgIpc) is 3.07. The summed E-state index contributed by atoms with van der Waals surface area (Å²) < 4.78 is 24.4. The molecule has 0 aliphatic heterocycles. The first-order valence-electron chi connectivity index (χ1n) is 15.4. The summed E-state index contributed by atoms with van der Waals surface area (Å²) in [5.74, 6) is -0.0816.